The van der Waals surface area contributed by atoms with E-state index in [2.05, 4.69) is 11.8 Å². The van der Waals surface area contributed by atoms with Crippen LogP contribution in [0.1, 0.15) is 31.2 Å². The molecule has 1 aliphatic rings. The fourth-order valence-corrected chi connectivity index (χ4v) is 3.37. The van der Waals surface area contributed by atoms with E-state index in [0.29, 0.717) is 19.6 Å². The molecule has 4 heteroatoms. The summed E-state index contributed by atoms with van der Waals surface area (Å²) in [4.78, 5) is 1.03. The highest BCUT2D eigenvalue weighted by Gasteiger charge is 2.38. The Labute approximate surface area is 138 Å². The number of hydrogen-bond donors (Lipinski definition) is 4. The monoisotopic (exact) mass is 318 g/mol. The molecule has 2 rings (SSSR count). The number of quaternary nitrogens is 1. The zero-order valence-electron chi connectivity index (χ0n) is 13.7. The largest absolute Gasteiger partial charge is 0.391 e. The number of benzene rings is 1. The van der Waals surface area contributed by atoms with Gasteiger partial charge in [-0.15, -0.1) is 0 Å². The van der Waals surface area contributed by atoms with Gasteiger partial charge < -0.3 is 20.2 Å². The van der Waals surface area contributed by atoms with Crippen LogP contribution in [0.5, 0.6) is 0 Å². The Balaban J connectivity index is 2.17. The van der Waals surface area contributed by atoms with Gasteiger partial charge in [-0.05, 0) is 24.3 Å². The van der Waals surface area contributed by atoms with Gasteiger partial charge in [-0.3, -0.25) is 0 Å². The molecule has 0 amide bonds. The van der Waals surface area contributed by atoms with Gasteiger partial charge in [0.15, 0.2) is 5.60 Å². The minimum atomic E-state index is -1.10. The maximum Gasteiger partial charge on any atom is 0.153 e. The van der Waals surface area contributed by atoms with Crippen LogP contribution >= 0.6 is 0 Å². The smallest absolute Gasteiger partial charge is 0.153 e. The Morgan fingerprint density at radius 1 is 1.04 bits per heavy atom. The van der Waals surface area contributed by atoms with E-state index < -0.39 is 5.60 Å². The molecule has 0 bridgehead atoms. The van der Waals surface area contributed by atoms with Crippen molar-refractivity contribution in [1.82, 2.24) is 0 Å². The summed E-state index contributed by atoms with van der Waals surface area (Å²) in [6.07, 6.45) is 4.30. The molecule has 1 atom stereocenters. The zero-order valence-corrected chi connectivity index (χ0v) is 13.7. The number of rotatable bonds is 7. The van der Waals surface area contributed by atoms with E-state index in [1.54, 1.807) is 0 Å². The number of aliphatic hydroxyl groups is 3. The van der Waals surface area contributed by atoms with Crippen LogP contribution < -0.4 is 4.90 Å². The first kappa shape index (κ1) is 18.0. The van der Waals surface area contributed by atoms with E-state index in [-0.39, 0.29) is 19.1 Å². The minimum Gasteiger partial charge on any atom is -0.391 e. The summed E-state index contributed by atoms with van der Waals surface area (Å²) in [6, 6.07) is 9.70. The maximum absolute atomic E-state index is 11.3. The Kier molecular flexibility index (Phi) is 7.07. The van der Waals surface area contributed by atoms with Gasteiger partial charge in [0.25, 0.3) is 0 Å². The molecule has 1 saturated carbocycles. The van der Waals surface area contributed by atoms with Crippen LogP contribution in [-0.2, 0) is 5.60 Å². The van der Waals surface area contributed by atoms with Gasteiger partial charge in [0.05, 0.1) is 13.2 Å². The van der Waals surface area contributed by atoms with Gasteiger partial charge in [0, 0.05) is 5.92 Å². The second kappa shape index (κ2) is 9.05. The average molecular weight is 318 g/mol. The van der Waals surface area contributed by atoms with Crippen LogP contribution in [0.3, 0.4) is 0 Å². The molecular formula is C19H28NO3+. The third-order valence-electron chi connectivity index (χ3n) is 4.71. The van der Waals surface area contributed by atoms with Crippen LogP contribution in [0.4, 0.5) is 0 Å². The topological polar surface area (TPSA) is 65.1 Å². The van der Waals surface area contributed by atoms with E-state index in [1.165, 1.54) is 0 Å². The molecule has 0 heterocycles. The summed E-state index contributed by atoms with van der Waals surface area (Å²) in [5, 5.41) is 29.4. The van der Waals surface area contributed by atoms with Gasteiger partial charge >= 0.3 is 0 Å². The molecule has 0 radical (unpaired) electrons. The standard InChI is InChI=1S/C19H27NO3/c21-15-13-20(14-16-22)12-6-11-19(23,18-9-4-5-10-18)17-7-2-1-3-8-17/h1-3,7-8,18,21-23H,4-5,9-10,12-16H2/p+1. The van der Waals surface area contributed by atoms with Crippen LogP contribution in [0.25, 0.3) is 0 Å². The quantitative estimate of drug-likeness (QED) is 0.533. The Bertz CT molecular complexity index is 510. The second-order valence-electron chi connectivity index (χ2n) is 6.29. The van der Waals surface area contributed by atoms with Crippen LogP contribution in [0.15, 0.2) is 30.3 Å². The molecule has 0 aliphatic heterocycles. The highest BCUT2D eigenvalue weighted by Crippen LogP contribution is 2.40. The van der Waals surface area contributed by atoms with E-state index in [9.17, 15) is 5.11 Å². The normalized spacial score (nSPS) is 17.7. The molecule has 4 nitrogen and oxygen atoms in total. The van der Waals surface area contributed by atoms with Gasteiger partial charge in [0.1, 0.15) is 19.6 Å². The van der Waals surface area contributed by atoms with Crippen molar-refractivity contribution in [3.8, 4) is 11.8 Å². The molecule has 0 saturated heterocycles. The molecule has 0 aromatic heterocycles. The third kappa shape index (κ3) is 4.79. The van der Waals surface area contributed by atoms with Crippen molar-refractivity contribution in [2.24, 2.45) is 5.92 Å². The van der Waals surface area contributed by atoms with Crippen molar-refractivity contribution in [2.45, 2.75) is 31.3 Å². The van der Waals surface area contributed by atoms with Crippen LogP contribution in [0.2, 0.25) is 0 Å². The second-order valence-corrected chi connectivity index (χ2v) is 6.29. The fourth-order valence-electron chi connectivity index (χ4n) is 3.37. The summed E-state index contributed by atoms with van der Waals surface area (Å²) in [7, 11) is 0. The summed E-state index contributed by atoms with van der Waals surface area (Å²) < 4.78 is 0. The van der Waals surface area contributed by atoms with Crippen LogP contribution in [-0.4, -0.2) is 48.2 Å². The third-order valence-corrected chi connectivity index (χ3v) is 4.71. The lowest BCUT2D eigenvalue weighted by Gasteiger charge is -2.29. The molecule has 1 aromatic rings. The molecule has 1 aromatic carbocycles. The summed E-state index contributed by atoms with van der Waals surface area (Å²) >= 11 is 0. The lowest BCUT2D eigenvalue weighted by atomic mass is 9.80. The first-order valence-corrected chi connectivity index (χ1v) is 8.54. The van der Waals surface area contributed by atoms with Gasteiger partial charge in [0.2, 0.25) is 0 Å². The molecule has 0 spiro atoms. The molecule has 1 aliphatic carbocycles. The number of hydrogen-bond acceptors (Lipinski definition) is 3. The van der Waals surface area contributed by atoms with Gasteiger partial charge in [-0.2, -0.15) is 0 Å². The lowest BCUT2D eigenvalue weighted by molar-refractivity contribution is -0.893. The van der Waals surface area contributed by atoms with Gasteiger partial charge in [-0.1, -0.05) is 49.1 Å². The van der Waals surface area contributed by atoms with Crippen molar-refractivity contribution in [3.63, 3.8) is 0 Å². The predicted molar refractivity (Wildman–Crippen MR) is 89.8 cm³/mol. The SMILES string of the molecule is OCC[NH+](CC#CC(O)(c1ccccc1)C1CCCC1)CCO. The molecular weight excluding hydrogens is 290 g/mol. The van der Waals surface area contributed by atoms with E-state index >= 15 is 0 Å². The van der Waals surface area contributed by atoms with Crippen molar-refractivity contribution >= 4 is 0 Å². The van der Waals surface area contributed by atoms with E-state index in [1.807, 2.05) is 30.3 Å². The summed E-state index contributed by atoms with van der Waals surface area (Å²) in [5.41, 5.74) is -0.230. The van der Waals surface area contributed by atoms with E-state index in [4.69, 9.17) is 10.2 Å². The van der Waals surface area contributed by atoms with Crippen molar-refractivity contribution in [1.29, 1.82) is 0 Å². The molecule has 126 valence electrons. The Morgan fingerprint density at radius 2 is 1.65 bits per heavy atom. The minimum absolute atomic E-state index is 0.0720. The Morgan fingerprint density at radius 3 is 2.22 bits per heavy atom. The molecule has 23 heavy (non-hydrogen) atoms. The van der Waals surface area contributed by atoms with E-state index in [0.717, 1.165) is 36.1 Å². The number of aliphatic hydroxyl groups excluding tert-OH is 2. The first-order chi connectivity index (χ1) is 11.2. The Hall–Kier alpha value is -1.38. The van der Waals surface area contributed by atoms with Crippen LogP contribution in [0, 0.1) is 17.8 Å². The first-order valence-electron chi connectivity index (χ1n) is 8.54. The van der Waals surface area contributed by atoms with Crippen molar-refractivity contribution < 1.29 is 20.2 Å². The predicted octanol–water partition coefficient (Wildman–Crippen LogP) is -0.0627. The number of nitrogens with one attached hydrogen (secondary N) is 1. The highest BCUT2D eigenvalue weighted by atomic mass is 16.3. The molecule has 1 unspecified atom stereocenters. The highest BCUT2D eigenvalue weighted by molar-refractivity contribution is 5.33. The summed E-state index contributed by atoms with van der Waals surface area (Å²) in [5.74, 6) is 6.41. The lowest BCUT2D eigenvalue weighted by Crippen LogP contribution is -3.12. The van der Waals surface area contributed by atoms with Gasteiger partial charge in [-0.25, -0.2) is 0 Å². The maximum atomic E-state index is 11.3. The fraction of sp³-hybridized carbons (Fsp3) is 0.579. The summed E-state index contributed by atoms with van der Waals surface area (Å²) in [6.45, 7) is 1.78. The van der Waals surface area contributed by atoms with Crippen molar-refractivity contribution in [2.75, 3.05) is 32.8 Å². The average Bonchev–Trinajstić information content (AvgIpc) is 3.11. The molecule has 1 fully saturated rings. The zero-order chi connectivity index (χ0) is 16.5. The molecule has 4 N–H and O–H groups in total. The van der Waals surface area contributed by atoms with Crippen molar-refractivity contribution in [3.05, 3.63) is 35.9 Å².